The largest absolute Gasteiger partial charge is 0.465 e. The fraction of sp³-hybridized carbons (Fsp3) is 0.583. The monoisotopic (exact) mass is 241 g/mol. The zero-order valence-corrected chi connectivity index (χ0v) is 10.4. The Morgan fingerprint density at radius 3 is 2.94 bits per heavy atom. The number of hydrogen-bond donors (Lipinski definition) is 2. The molecule has 0 aliphatic rings. The molecule has 0 aliphatic heterocycles. The van der Waals surface area contributed by atoms with E-state index in [1.54, 1.807) is 13.0 Å². The van der Waals surface area contributed by atoms with Crippen molar-refractivity contribution in [3.8, 4) is 0 Å². The highest BCUT2D eigenvalue weighted by molar-refractivity contribution is 5.90. The maximum atomic E-state index is 11.4. The summed E-state index contributed by atoms with van der Waals surface area (Å²) in [4.78, 5) is 11.4. The lowest BCUT2D eigenvalue weighted by atomic mass is 10.2. The van der Waals surface area contributed by atoms with Crippen LogP contribution >= 0.6 is 0 Å². The number of aliphatic hydroxyl groups is 1. The van der Waals surface area contributed by atoms with Crippen molar-refractivity contribution >= 4 is 5.97 Å². The maximum absolute atomic E-state index is 11.4. The molecule has 0 aliphatic carbocycles. The van der Waals surface area contributed by atoms with Crippen LogP contribution in [0.25, 0.3) is 0 Å². The number of carbonyl (C=O) groups excluding carboxylic acids is 1. The number of furan rings is 1. The van der Waals surface area contributed by atoms with Crippen LogP contribution in [0.15, 0.2) is 10.5 Å². The number of hydrogen-bond acceptors (Lipinski definition) is 5. The Labute approximate surface area is 101 Å². The lowest BCUT2D eigenvalue weighted by molar-refractivity contribution is 0.0599. The Morgan fingerprint density at radius 2 is 2.35 bits per heavy atom. The molecule has 1 rings (SSSR count). The number of carbonyl (C=O) groups is 1. The van der Waals surface area contributed by atoms with Crippen molar-refractivity contribution in [2.45, 2.75) is 32.9 Å². The molecule has 0 aromatic carbocycles. The average molecular weight is 241 g/mol. The van der Waals surface area contributed by atoms with Crippen LogP contribution in [-0.2, 0) is 11.3 Å². The zero-order valence-electron chi connectivity index (χ0n) is 10.4. The Balaban J connectivity index is 2.58. The molecule has 0 saturated carbocycles. The molecule has 0 bridgehead atoms. The summed E-state index contributed by atoms with van der Waals surface area (Å²) in [6, 6.07) is 1.88. The molecule has 5 nitrogen and oxygen atoms in total. The van der Waals surface area contributed by atoms with E-state index in [4.69, 9.17) is 9.52 Å². The van der Waals surface area contributed by atoms with Crippen LogP contribution in [0.2, 0.25) is 0 Å². The molecule has 5 heteroatoms. The quantitative estimate of drug-likeness (QED) is 0.733. The van der Waals surface area contributed by atoms with Gasteiger partial charge in [0.05, 0.1) is 13.7 Å². The van der Waals surface area contributed by atoms with Gasteiger partial charge in [-0.15, -0.1) is 0 Å². The minimum Gasteiger partial charge on any atom is -0.465 e. The first kappa shape index (κ1) is 13.7. The van der Waals surface area contributed by atoms with Crippen LogP contribution in [0.4, 0.5) is 0 Å². The van der Waals surface area contributed by atoms with Gasteiger partial charge in [-0.05, 0) is 26.3 Å². The van der Waals surface area contributed by atoms with E-state index in [0.717, 1.165) is 0 Å². The molecule has 1 atom stereocenters. The van der Waals surface area contributed by atoms with Crippen molar-refractivity contribution in [2.75, 3.05) is 13.7 Å². The second-order valence-electron chi connectivity index (χ2n) is 3.97. The molecule has 0 fully saturated rings. The lowest BCUT2D eigenvalue weighted by Crippen LogP contribution is -2.26. The standard InChI is InChI=1S/C12H19NO4/c1-8(4-5-14)13-7-10-6-11(9(2)17-10)12(15)16-3/h6,8,13-14H,4-5,7H2,1-3H3. The van der Waals surface area contributed by atoms with Crippen molar-refractivity contribution in [1.82, 2.24) is 5.32 Å². The molecule has 0 amide bonds. The normalized spacial score (nSPS) is 12.5. The van der Waals surface area contributed by atoms with Gasteiger partial charge in [0.2, 0.25) is 0 Å². The first-order valence-corrected chi connectivity index (χ1v) is 5.60. The van der Waals surface area contributed by atoms with Crippen LogP contribution in [0.1, 0.15) is 35.2 Å². The second-order valence-corrected chi connectivity index (χ2v) is 3.97. The summed E-state index contributed by atoms with van der Waals surface area (Å²) >= 11 is 0. The summed E-state index contributed by atoms with van der Waals surface area (Å²) in [5, 5.41) is 12.0. The van der Waals surface area contributed by atoms with E-state index in [2.05, 4.69) is 10.1 Å². The van der Waals surface area contributed by atoms with Crippen molar-refractivity contribution in [2.24, 2.45) is 0 Å². The van der Waals surface area contributed by atoms with Gasteiger partial charge in [-0.25, -0.2) is 4.79 Å². The van der Waals surface area contributed by atoms with Gasteiger partial charge in [0.15, 0.2) is 0 Å². The third-order valence-electron chi connectivity index (χ3n) is 2.56. The number of methoxy groups -OCH3 is 1. The molecular formula is C12H19NO4. The molecule has 0 saturated heterocycles. The van der Waals surface area contributed by atoms with Crippen molar-refractivity contribution in [3.05, 3.63) is 23.2 Å². The van der Waals surface area contributed by atoms with E-state index in [1.807, 2.05) is 6.92 Å². The molecule has 96 valence electrons. The molecule has 0 spiro atoms. The van der Waals surface area contributed by atoms with E-state index in [9.17, 15) is 4.79 Å². The highest BCUT2D eigenvalue weighted by atomic mass is 16.5. The van der Waals surface area contributed by atoms with Crippen molar-refractivity contribution in [1.29, 1.82) is 0 Å². The van der Waals surface area contributed by atoms with Crippen LogP contribution in [0, 0.1) is 6.92 Å². The van der Waals surface area contributed by atoms with Gasteiger partial charge in [0.25, 0.3) is 0 Å². The van der Waals surface area contributed by atoms with Gasteiger partial charge in [-0.1, -0.05) is 0 Å². The minimum atomic E-state index is -0.388. The Bertz CT molecular complexity index is 373. The minimum absolute atomic E-state index is 0.152. The van der Waals surface area contributed by atoms with E-state index >= 15 is 0 Å². The van der Waals surface area contributed by atoms with Crippen LogP contribution < -0.4 is 5.32 Å². The van der Waals surface area contributed by atoms with Crippen LogP contribution in [0.3, 0.4) is 0 Å². The highest BCUT2D eigenvalue weighted by Crippen LogP contribution is 2.15. The molecule has 1 heterocycles. The number of esters is 1. The SMILES string of the molecule is COC(=O)c1cc(CNC(C)CCO)oc1C. The van der Waals surface area contributed by atoms with E-state index < -0.39 is 0 Å². The summed E-state index contributed by atoms with van der Waals surface area (Å²) in [6.07, 6.45) is 0.684. The number of aliphatic hydroxyl groups excluding tert-OH is 1. The van der Waals surface area contributed by atoms with E-state index in [1.165, 1.54) is 7.11 Å². The first-order valence-electron chi connectivity index (χ1n) is 5.60. The maximum Gasteiger partial charge on any atom is 0.341 e. The summed E-state index contributed by atoms with van der Waals surface area (Å²) in [5.74, 6) is 0.858. The van der Waals surface area contributed by atoms with Crippen molar-refractivity contribution < 1.29 is 19.1 Å². The zero-order chi connectivity index (χ0) is 12.8. The topological polar surface area (TPSA) is 71.7 Å². The predicted molar refractivity (Wildman–Crippen MR) is 62.8 cm³/mol. The first-order chi connectivity index (χ1) is 8.08. The van der Waals surface area contributed by atoms with Gasteiger partial charge in [0, 0.05) is 12.6 Å². The molecule has 1 aromatic rings. The number of rotatable bonds is 6. The molecule has 2 N–H and O–H groups in total. The molecule has 1 aromatic heterocycles. The Hall–Kier alpha value is -1.33. The predicted octanol–water partition coefficient (Wildman–Crippen LogP) is 1.24. The average Bonchev–Trinajstić information content (AvgIpc) is 2.67. The number of nitrogens with one attached hydrogen (secondary N) is 1. The highest BCUT2D eigenvalue weighted by Gasteiger charge is 2.15. The van der Waals surface area contributed by atoms with Gasteiger partial charge in [-0.3, -0.25) is 0 Å². The molecule has 17 heavy (non-hydrogen) atoms. The fourth-order valence-corrected chi connectivity index (χ4v) is 1.51. The van der Waals surface area contributed by atoms with Crippen LogP contribution in [-0.4, -0.2) is 30.8 Å². The molecule has 0 radical (unpaired) electrons. The molecule has 1 unspecified atom stereocenters. The van der Waals surface area contributed by atoms with Crippen molar-refractivity contribution in [3.63, 3.8) is 0 Å². The van der Waals surface area contributed by atoms with Gasteiger partial charge >= 0.3 is 5.97 Å². The smallest absolute Gasteiger partial charge is 0.341 e. The van der Waals surface area contributed by atoms with Gasteiger partial charge < -0.3 is 19.6 Å². The second kappa shape index (κ2) is 6.42. The third kappa shape index (κ3) is 3.87. The van der Waals surface area contributed by atoms with E-state index in [0.29, 0.717) is 30.0 Å². The Morgan fingerprint density at radius 1 is 1.65 bits per heavy atom. The lowest BCUT2D eigenvalue weighted by Gasteiger charge is -2.10. The van der Waals surface area contributed by atoms with Gasteiger partial charge in [0.1, 0.15) is 17.1 Å². The third-order valence-corrected chi connectivity index (χ3v) is 2.56. The summed E-state index contributed by atoms with van der Waals surface area (Å²) in [7, 11) is 1.34. The summed E-state index contributed by atoms with van der Waals surface area (Å²) in [6.45, 7) is 4.39. The number of ether oxygens (including phenoxy) is 1. The number of aryl methyl sites for hydroxylation is 1. The van der Waals surface area contributed by atoms with Crippen LogP contribution in [0.5, 0.6) is 0 Å². The van der Waals surface area contributed by atoms with Gasteiger partial charge in [-0.2, -0.15) is 0 Å². The Kier molecular flexibility index (Phi) is 5.18. The summed E-state index contributed by atoms with van der Waals surface area (Å²) in [5.41, 5.74) is 0.458. The van der Waals surface area contributed by atoms with E-state index in [-0.39, 0.29) is 18.6 Å². The fourth-order valence-electron chi connectivity index (χ4n) is 1.51. The summed E-state index contributed by atoms with van der Waals surface area (Å²) < 4.78 is 10.1. The molecular weight excluding hydrogens is 222 g/mol.